The van der Waals surface area contributed by atoms with Gasteiger partial charge in [-0.3, -0.25) is 0 Å². The molecule has 0 aliphatic heterocycles. The van der Waals surface area contributed by atoms with E-state index in [2.05, 4.69) is 6.92 Å². The van der Waals surface area contributed by atoms with Crippen LogP contribution in [0, 0.1) is 0 Å². The number of hydrogen-bond acceptors (Lipinski definition) is 3. The first-order valence-corrected chi connectivity index (χ1v) is 6.77. The third-order valence-corrected chi connectivity index (χ3v) is 3.23. The number of aliphatic hydroxyl groups excluding tert-OH is 1. The van der Waals surface area contributed by atoms with Gasteiger partial charge in [0.05, 0.1) is 7.11 Å². The van der Waals surface area contributed by atoms with Crippen molar-refractivity contribution < 1.29 is 14.6 Å². The molecule has 0 aliphatic carbocycles. The second-order valence-corrected chi connectivity index (χ2v) is 4.56. The van der Waals surface area contributed by atoms with Gasteiger partial charge in [-0.25, -0.2) is 0 Å². The lowest BCUT2D eigenvalue weighted by Crippen LogP contribution is -2.10. The maximum Gasteiger partial charge on any atom is 0.122 e. The molecule has 0 amide bonds. The van der Waals surface area contributed by atoms with Crippen LogP contribution in [0.4, 0.5) is 0 Å². The van der Waals surface area contributed by atoms with E-state index >= 15 is 0 Å². The first kappa shape index (κ1) is 14.4. The zero-order valence-corrected chi connectivity index (χ0v) is 11.9. The number of benzene rings is 2. The third kappa shape index (κ3) is 3.52. The highest BCUT2D eigenvalue weighted by Crippen LogP contribution is 2.22. The summed E-state index contributed by atoms with van der Waals surface area (Å²) in [4.78, 5) is 0. The Kier molecular flexibility index (Phi) is 5.02. The van der Waals surface area contributed by atoms with Gasteiger partial charge in [0.1, 0.15) is 24.2 Å². The van der Waals surface area contributed by atoms with Crippen molar-refractivity contribution in [1.29, 1.82) is 0 Å². The second-order valence-electron chi connectivity index (χ2n) is 4.56. The predicted molar refractivity (Wildman–Crippen MR) is 79.3 cm³/mol. The van der Waals surface area contributed by atoms with Crippen molar-refractivity contribution in [3.05, 3.63) is 59.7 Å². The first-order valence-electron chi connectivity index (χ1n) is 6.77. The fraction of sp³-hybridized carbons (Fsp3) is 0.294. The van der Waals surface area contributed by atoms with E-state index in [1.807, 2.05) is 48.5 Å². The second kappa shape index (κ2) is 6.96. The highest BCUT2D eigenvalue weighted by atomic mass is 16.5. The molecule has 0 fully saturated rings. The van der Waals surface area contributed by atoms with Crippen LogP contribution in [0.3, 0.4) is 0 Å². The summed E-state index contributed by atoms with van der Waals surface area (Å²) < 4.78 is 10.9. The van der Waals surface area contributed by atoms with Gasteiger partial charge in [0, 0.05) is 0 Å². The Morgan fingerprint density at radius 2 is 1.90 bits per heavy atom. The van der Waals surface area contributed by atoms with E-state index in [9.17, 15) is 5.11 Å². The Balaban J connectivity index is 2.02. The highest BCUT2D eigenvalue weighted by Gasteiger charge is 2.10. The molecule has 1 atom stereocenters. The Morgan fingerprint density at radius 3 is 2.65 bits per heavy atom. The van der Waals surface area contributed by atoms with Crippen LogP contribution in [-0.2, 0) is 6.42 Å². The van der Waals surface area contributed by atoms with Crippen molar-refractivity contribution in [3.8, 4) is 11.5 Å². The highest BCUT2D eigenvalue weighted by molar-refractivity contribution is 5.34. The molecular formula is C17H20O3. The molecule has 0 aromatic heterocycles. The van der Waals surface area contributed by atoms with E-state index in [1.54, 1.807) is 7.11 Å². The lowest BCUT2D eigenvalue weighted by Gasteiger charge is -2.15. The molecule has 0 spiro atoms. The number of aliphatic hydroxyl groups is 1. The Bertz CT molecular complexity index is 551. The summed E-state index contributed by atoms with van der Waals surface area (Å²) in [6.45, 7) is 2.31. The van der Waals surface area contributed by atoms with E-state index in [0.29, 0.717) is 0 Å². The number of hydrogen-bond donors (Lipinski definition) is 1. The van der Waals surface area contributed by atoms with Gasteiger partial charge in [-0.1, -0.05) is 37.3 Å². The Hall–Kier alpha value is -2.00. The molecule has 2 rings (SSSR count). The van der Waals surface area contributed by atoms with Crippen LogP contribution >= 0.6 is 0 Å². The average Bonchev–Trinajstić information content (AvgIpc) is 2.52. The standard InChI is InChI=1S/C17H20O3/c1-3-13-7-4-5-10-17(13)20-12-16(18)14-8-6-9-15(11-14)19-2/h4-11,16,18H,3,12H2,1-2H3. The van der Waals surface area contributed by atoms with Gasteiger partial charge in [0.25, 0.3) is 0 Å². The molecule has 0 heterocycles. The molecule has 20 heavy (non-hydrogen) atoms. The fourth-order valence-corrected chi connectivity index (χ4v) is 2.05. The van der Waals surface area contributed by atoms with Gasteiger partial charge in [-0.15, -0.1) is 0 Å². The average molecular weight is 272 g/mol. The summed E-state index contributed by atoms with van der Waals surface area (Å²) in [5.74, 6) is 1.56. The number of ether oxygens (including phenoxy) is 2. The summed E-state index contributed by atoms with van der Waals surface area (Å²) >= 11 is 0. The smallest absolute Gasteiger partial charge is 0.122 e. The molecule has 0 aliphatic rings. The zero-order valence-electron chi connectivity index (χ0n) is 11.9. The van der Waals surface area contributed by atoms with E-state index in [0.717, 1.165) is 29.0 Å². The number of methoxy groups -OCH3 is 1. The van der Waals surface area contributed by atoms with Gasteiger partial charge in [-0.2, -0.15) is 0 Å². The monoisotopic (exact) mass is 272 g/mol. The summed E-state index contributed by atoms with van der Waals surface area (Å²) in [7, 11) is 1.61. The van der Waals surface area contributed by atoms with Gasteiger partial charge < -0.3 is 14.6 Å². The lowest BCUT2D eigenvalue weighted by molar-refractivity contribution is 0.107. The van der Waals surface area contributed by atoms with E-state index in [-0.39, 0.29) is 6.61 Å². The minimum Gasteiger partial charge on any atom is -0.497 e. The minimum absolute atomic E-state index is 0.226. The molecule has 2 aromatic carbocycles. The van der Waals surface area contributed by atoms with Crippen molar-refractivity contribution in [2.75, 3.05) is 13.7 Å². The lowest BCUT2D eigenvalue weighted by atomic mass is 10.1. The topological polar surface area (TPSA) is 38.7 Å². The van der Waals surface area contributed by atoms with Crippen LogP contribution in [-0.4, -0.2) is 18.8 Å². The van der Waals surface area contributed by atoms with Crippen LogP contribution in [0.2, 0.25) is 0 Å². The van der Waals surface area contributed by atoms with Crippen molar-refractivity contribution in [2.45, 2.75) is 19.4 Å². The SMILES string of the molecule is CCc1ccccc1OCC(O)c1cccc(OC)c1. The molecule has 0 saturated heterocycles. The van der Waals surface area contributed by atoms with Crippen LogP contribution in [0.25, 0.3) is 0 Å². The van der Waals surface area contributed by atoms with Gasteiger partial charge in [0.15, 0.2) is 0 Å². The molecule has 106 valence electrons. The van der Waals surface area contributed by atoms with E-state index in [1.165, 1.54) is 0 Å². The molecule has 2 aromatic rings. The summed E-state index contributed by atoms with van der Waals surface area (Å²) in [5.41, 5.74) is 1.93. The molecule has 0 bridgehead atoms. The van der Waals surface area contributed by atoms with Crippen LogP contribution in [0.1, 0.15) is 24.2 Å². The maximum absolute atomic E-state index is 10.2. The van der Waals surface area contributed by atoms with Crippen LogP contribution in [0.5, 0.6) is 11.5 Å². The summed E-state index contributed by atoms with van der Waals surface area (Å²) in [6.07, 6.45) is 0.237. The molecular weight excluding hydrogens is 252 g/mol. The van der Waals surface area contributed by atoms with Gasteiger partial charge >= 0.3 is 0 Å². The third-order valence-electron chi connectivity index (χ3n) is 3.23. The van der Waals surface area contributed by atoms with Crippen molar-refractivity contribution in [1.82, 2.24) is 0 Å². The van der Waals surface area contributed by atoms with E-state index < -0.39 is 6.10 Å². The zero-order chi connectivity index (χ0) is 14.4. The quantitative estimate of drug-likeness (QED) is 0.876. The number of aryl methyl sites for hydroxylation is 1. The Labute approximate surface area is 119 Å². The number of para-hydroxylation sites is 1. The molecule has 0 radical (unpaired) electrons. The number of rotatable bonds is 6. The minimum atomic E-state index is -0.671. The largest absolute Gasteiger partial charge is 0.497 e. The molecule has 3 heteroatoms. The van der Waals surface area contributed by atoms with Crippen molar-refractivity contribution in [3.63, 3.8) is 0 Å². The predicted octanol–water partition coefficient (Wildman–Crippen LogP) is 3.37. The fourth-order valence-electron chi connectivity index (χ4n) is 2.05. The van der Waals surface area contributed by atoms with Crippen LogP contribution < -0.4 is 9.47 Å². The maximum atomic E-state index is 10.2. The summed E-state index contributed by atoms with van der Waals surface area (Å²) in [5, 5.41) is 10.2. The molecule has 1 N–H and O–H groups in total. The first-order chi connectivity index (χ1) is 9.74. The normalized spacial score (nSPS) is 11.9. The molecule has 0 saturated carbocycles. The molecule has 3 nitrogen and oxygen atoms in total. The van der Waals surface area contributed by atoms with Gasteiger partial charge in [0.2, 0.25) is 0 Å². The van der Waals surface area contributed by atoms with Gasteiger partial charge in [-0.05, 0) is 35.7 Å². The Morgan fingerprint density at radius 1 is 1.10 bits per heavy atom. The van der Waals surface area contributed by atoms with Crippen LogP contribution in [0.15, 0.2) is 48.5 Å². The van der Waals surface area contributed by atoms with Crippen molar-refractivity contribution >= 4 is 0 Å². The van der Waals surface area contributed by atoms with Crippen molar-refractivity contribution in [2.24, 2.45) is 0 Å². The molecule has 1 unspecified atom stereocenters. The van der Waals surface area contributed by atoms with E-state index in [4.69, 9.17) is 9.47 Å². The summed E-state index contributed by atoms with van der Waals surface area (Å²) in [6, 6.07) is 15.3.